The number of aliphatic imine (C=N–C) groups is 2. The first-order chi connectivity index (χ1) is 15.6. The van der Waals surface area contributed by atoms with Gasteiger partial charge >= 0.3 is 6.18 Å². The van der Waals surface area contributed by atoms with Gasteiger partial charge in [-0.2, -0.15) is 13.2 Å². The minimum Gasteiger partial charge on any atom is -0.380 e. The molecule has 11 heteroatoms. The molecule has 0 unspecified atom stereocenters. The molecule has 7 nitrogen and oxygen atoms in total. The second-order valence-corrected chi connectivity index (χ2v) is 11.3. The van der Waals surface area contributed by atoms with Crippen LogP contribution in [0.2, 0.25) is 0 Å². The van der Waals surface area contributed by atoms with Gasteiger partial charge in [-0.25, -0.2) is 13.4 Å². The van der Waals surface area contributed by atoms with Crippen LogP contribution in [0.3, 0.4) is 0 Å². The molecule has 0 saturated carbocycles. The molecule has 1 aromatic carbocycles. The third-order valence-corrected chi connectivity index (χ3v) is 7.73. The molecule has 1 aromatic rings. The first-order valence-electron chi connectivity index (χ1n) is 10.6. The van der Waals surface area contributed by atoms with Gasteiger partial charge in [0.15, 0.2) is 15.4 Å². The quantitative estimate of drug-likeness (QED) is 0.598. The van der Waals surface area contributed by atoms with Gasteiger partial charge < -0.3 is 10.8 Å². The molecular weight excluding hydrogens is 471 g/mol. The van der Waals surface area contributed by atoms with E-state index in [2.05, 4.69) is 9.98 Å². The van der Waals surface area contributed by atoms with Gasteiger partial charge in [-0.05, 0) is 35.1 Å². The molecule has 0 aliphatic carbocycles. The molecule has 34 heavy (non-hydrogen) atoms. The minimum absolute atomic E-state index is 0.0367. The van der Waals surface area contributed by atoms with Crippen LogP contribution in [0.5, 0.6) is 0 Å². The van der Waals surface area contributed by atoms with Crippen LogP contribution in [0.25, 0.3) is 0 Å². The zero-order chi connectivity index (χ0) is 25.5. The highest BCUT2D eigenvalue weighted by molar-refractivity contribution is 8.06. The van der Waals surface area contributed by atoms with Crippen LogP contribution < -0.4 is 5.73 Å². The third kappa shape index (κ3) is 5.00. The fourth-order valence-corrected chi connectivity index (χ4v) is 5.18. The van der Waals surface area contributed by atoms with Gasteiger partial charge in [-0.3, -0.25) is 9.79 Å². The maximum atomic E-state index is 14.2. The van der Waals surface area contributed by atoms with Crippen molar-refractivity contribution in [3.63, 3.8) is 0 Å². The molecule has 184 valence electrons. The summed E-state index contributed by atoms with van der Waals surface area (Å²) in [6.07, 6.45) is -4.12. The number of sulfone groups is 1. The van der Waals surface area contributed by atoms with Crippen molar-refractivity contribution in [1.82, 2.24) is 0 Å². The Hall–Kier alpha value is -2.79. The number of alkyl halides is 3. The summed E-state index contributed by atoms with van der Waals surface area (Å²) in [5.41, 5.74) is 1.98. The van der Waals surface area contributed by atoms with Crippen molar-refractivity contribution in [3.8, 4) is 0 Å². The Morgan fingerprint density at radius 1 is 1.21 bits per heavy atom. The van der Waals surface area contributed by atoms with Gasteiger partial charge in [0, 0.05) is 24.1 Å². The molecule has 0 fully saturated rings. The van der Waals surface area contributed by atoms with Gasteiger partial charge in [0.1, 0.15) is 5.04 Å². The summed E-state index contributed by atoms with van der Waals surface area (Å²) < 4.78 is 66.7. The summed E-state index contributed by atoms with van der Waals surface area (Å²) >= 11 is 0. The summed E-state index contributed by atoms with van der Waals surface area (Å²) in [6, 6.07) is 6.08. The van der Waals surface area contributed by atoms with Crippen LogP contribution in [0.4, 0.5) is 13.2 Å². The summed E-state index contributed by atoms with van der Waals surface area (Å²) in [7, 11) is -3.56. The highest BCUT2D eigenvalue weighted by Crippen LogP contribution is 2.45. The van der Waals surface area contributed by atoms with Crippen LogP contribution in [-0.2, 0) is 15.3 Å². The fraction of sp³-hybridized carbons (Fsp3) is 0.435. The standard InChI is InChI=1S/C23H26F3N3O4S/c1-4-34(32,33)19-10-14-9-15(29-18(14)12-28-19)11-22(31,23(24,25)26)13-21(2,3)17-8-6-5-7-16(17)20(27)30/h5-9,12,31H,4,10-11,13H2,1-3H3,(H2,27,30)/t22-/m0/s1. The molecule has 1 atom stereocenters. The van der Waals surface area contributed by atoms with E-state index in [1.54, 1.807) is 12.1 Å². The van der Waals surface area contributed by atoms with Crippen molar-refractivity contribution in [2.45, 2.75) is 57.2 Å². The Kier molecular flexibility index (Phi) is 6.66. The van der Waals surface area contributed by atoms with Gasteiger partial charge in [0.05, 0.1) is 17.6 Å². The summed E-state index contributed by atoms with van der Waals surface area (Å²) in [4.78, 5) is 19.9. The highest BCUT2D eigenvalue weighted by Gasteiger charge is 2.56. The predicted molar refractivity (Wildman–Crippen MR) is 123 cm³/mol. The van der Waals surface area contributed by atoms with Crippen molar-refractivity contribution < 1.29 is 31.5 Å². The Bertz CT molecular complexity index is 1240. The molecule has 0 radical (unpaired) electrons. The predicted octanol–water partition coefficient (Wildman–Crippen LogP) is 3.60. The van der Waals surface area contributed by atoms with Crippen LogP contribution in [0, 0.1) is 0 Å². The first kappa shape index (κ1) is 25.8. The molecule has 2 aliphatic rings. The molecule has 2 aliphatic heterocycles. The van der Waals surface area contributed by atoms with E-state index in [0.717, 1.165) is 0 Å². The highest BCUT2D eigenvalue weighted by atomic mass is 32.2. The third-order valence-electron chi connectivity index (χ3n) is 6.00. The van der Waals surface area contributed by atoms with Crippen LogP contribution >= 0.6 is 0 Å². The number of benzene rings is 1. The number of nitrogens with two attached hydrogens (primary N) is 1. The molecule has 0 saturated heterocycles. The van der Waals surface area contributed by atoms with Crippen molar-refractivity contribution in [2.24, 2.45) is 15.7 Å². The lowest BCUT2D eigenvalue weighted by molar-refractivity contribution is -0.263. The van der Waals surface area contributed by atoms with E-state index < -0.39 is 45.8 Å². The Labute approximate surface area is 195 Å². The van der Waals surface area contributed by atoms with Gasteiger partial charge in [0.25, 0.3) is 0 Å². The Balaban J connectivity index is 1.91. The molecule has 3 N–H and O–H groups in total. The summed E-state index contributed by atoms with van der Waals surface area (Å²) in [6.45, 7) is 4.47. The van der Waals surface area contributed by atoms with E-state index >= 15 is 0 Å². The maximum absolute atomic E-state index is 14.2. The summed E-state index contributed by atoms with van der Waals surface area (Å²) in [5, 5.41) is 10.8. The second-order valence-electron chi connectivity index (χ2n) is 9.07. The number of halogens is 3. The average molecular weight is 498 g/mol. The number of carbonyl (C=O) groups is 1. The van der Waals surface area contributed by atoms with E-state index in [0.29, 0.717) is 5.57 Å². The fourth-order valence-electron chi connectivity index (χ4n) is 4.25. The Morgan fingerprint density at radius 2 is 1.85 bits per heavy atom. The average Bonchev–Trinajstić information content (AvgIpc) is 3.13. The molecule has 0 aromatic heterocycles. The number of rotatable bonds is 7. The van der Waals surface area contributed by atoms with Crippen molar-refractivity contribution in [2.75, 3.05) is 5.75 Å². The maximum Gasteiger partial charge on any atom is 0.417 e. The number of amides is 1. The number of allylic oxidation sites excluding steroid dienone is 2. The molecule has 1 amide bonds. The molecule has 3 rings (SSSR count). The lowest BCUT2D eigenvalue weighted by Crippen LogP contribution is -2.50. The largest absolute Gasteiger partial charge is 0.417 e. The van der Waals surface area contributed by atoms with E-state index in [-0.39, 0.29) is 39.8 Å². The van der Waals surface area contributed by atoms with Crippen molar-refractivity contribution >= 4 is 26.5 Å². The number of nitrogens with zero attached hydrogens (tertiary/aromatic N) is 2. The molecular formula is C23H26F3N3O4S. The van der Waals surface area contributed by atoms with E-state index in [4.69, 9.17) is 5.73 Å². The van der Waals surface area contributed by atoms with Crippen molar-refractivity contribution in [1.29, 1.82) is 0 Å². The normalized spacial score (nSPS) is 18.3. The van der Waals surface area contributed by atoms with Crippen molar-refractivity contribution in [3.05, 3.63) is 58.9 Å². The number of aliphatic hydroxyl groups is 1. The first-order valence-corrected chi connectivity index (χ1v) is 12.2. The topological polar surface area (TPSA) is 122 Å². The SMILES string of the molecule is CCS(=O)(=O)C1=NC=C2N=C(C[C@](O)(CC(C)(C)c3ccccc3C(N)=O)C(F)(F)F)C=C2C1. The Morgan fingerprint density at radius 3 is 2.44 bits per heavy atom. The van der Waals surface area contributed by atoms with Gasteiger partial charge in [0.2, 0.25) is 5.91 Å². The van der Waals surface area contributed by atoms with E-state index in [9.17, 15) is 31.5 Å². The van der Waals surface area contributed by atoms with E-state index in [1.165, 1.54) is 45.2 Å². The van der Waals surface area contributed by atoms with E-state index in [1.807, 2.05) is 0 Å². The van der Waals surface area contributed by atoms with Crippen LogP contribution in [-0.4, -0.2) is 47.7 Å². The zero-order valence-electron chi connectivity index (χ0n) is 19.0. The van der Waals surface area contributed by atoms with Gasteiger partial charge in [-0.15, -0.1) is 0 Å². The second kappa shape index (κ2) is 8.77. The number of hydrogen-bond donors (Lipinski definition) is 2. The molecule has 2 heterocycles. The number of hydrogen-bond acceptors (Lipinski definition) is 6. The van der Waals surface area contributed by atoms with Gasteiger partial charge in [-0.1, -0.05) is 39.0 Å². The summed E-state index contributed by atoms with van der Waals surface area (Å²) in [5.74, 6) is -0.927. The minimum atomic E-state index is -5.01. The number of fused-ring (bicyclic) bond motifs is 1. The smallest absolute Gasteiger partial charge is 0.380 e. The van der Waals surface area contributed by atoms with Crippen LogP contribution in [0.15, 0.2) is 57.8 Å². The number of carbonyl (C=O) groups excluding carboxylic acids is 1. The molecule has 0 bridgehead atoms. The number of primary amides is 1. The molecule has 0 spiro atoms. The zero-order valence-corrected chi connectivity index (χ0v) is 19.8. The monoisotopic (exact) mass is 497 g/mol. The van der Waals surface area contributed by atoms with Crippen LogP contribution in [0.1, 0.15) is 56.0 Å². The lowest BCUT2D eigenvalue weighted by Gasteiger charge is -2.38. The lowest BCUT2D eigenvalue weighted by atomic mass is 9.72.